The summed E-state index contributed by atoms with van der Waals surface area (Å²) in [6, 6.07) is 19.3. The number of unbranched alkanes of at least 4 members (excludes halogenated alkanes) is 3. The van der Waals surface area contributed by atoms with Gasteiger partial charge in [0.1, 0.15) is 0 Å². The molecule has 0 aromatic heterocycles. The smallest absolute Gasteiger partial charge is 0.0733 e. The van der Waals surface area contributed by atoms with Gasteiger partial charge in [0.25, 0.3) is 0 Å². The van der Waals surface area contributed by atoms with Gasteiger partial charge in [-0.1, -0.05) is 101 Å². The molecule has 0 N–H and O–H groups in total. The summed E-state index contributed by atoms with van der Waals surface area (Å²) in [5.74, 6) is 1.44. The highest BCUT2D eigenvalue weighted by molar-refractivity contribution is 6.02. The lowest BCUT2D eigenvalue weighted by Crippen LogP contribution is -2.22. The molecule has 2 nitrogen and oxygen atoms in total. The molecule has 1 saturated carbocycles. The van der Waals surface area contributed by atoms with Gasteiger partial charge in [-0.3, -0.25) is 0 Å². The largest absolute Gasteiger partial charge is 0.158 e. The predicted octanol–water partition coefficient (Wildman–Crippen LogP) is 7.85. The van der Waals surface area contributed by atoms with Gasteiger partial charge in [-0.25, -0.2) is 0 Å². The second-order valence-corrected chi connectivity index (χ2v) is 8.76. The van der Waals surface area contributed by atoms with Crippen molar-refractivity contribution in [2.75, 3.05) is 0 Å². The summed E-state index contributed by atoms with van der Waals surface area (Å²) in [5.41, 5.74) is 4.86. The van der Waals surface area contributed by atoms with E-state index in [1.165, 1.54) is 74.6 Å². The number of aryl methyl sites for hydroxylation is 1. The number of rotatable bonds is 10. The third-order valence-electron chi connectivity index (χ3n) is 6.53. The zero-order valence-corrected chi connectivity index (χ0v) is 18.9. The first kappa shape index (κ1) is 22.5. The molecule has 0 amide bonds. The normalized spacial score (nSPS) is 20.0. The molecule has 2 aromatic carbocycles. The molecule has 0 bridgehead atoms. The van der Waals surface area contributed by atoms with Gasteiger partial charge < -0.3 is 0 Å². The van der Waals surface area contributed by atoms with E-state index in [2.05, 4.69) is 73.5 Å². The van der Waals surface area contributed by atoms with E-state index in [-0.39, 0.29) is 0 Å². The molecule has 1 fully saturated rings. The highest BCUT2D eigenvalue weighted by Gasteiger charge is 2.25. The first-order valence-electron chi connectivity index (χ1n) is 12.1. The lowest BCUT2D eigenvalue weighted by atomic mass is 9.76. The van der Waals surface area contributed by atoms with Crippen LogP contribution in [-0.2, 0) is 6.42 Å². The van der Waals surface area contributed by atoms with Crippen LogP contribution in [0, 0.1) is 11.8 Å². The molecule has 3 rings (SSSR count). The van der Waals surface area contributed by atoms with E-state index in [0.29, 0.717) is 5.92 Å². The number of benzene rings is 2. The molecule has 0 atom stereocenters. The molecular formula is C28H38N2. The molecule has 0 aliphatic heterocycles. The molecule has 0 unspecified atom stereocenters. The van der Waals surface area contributed by atoms with Crippen molar-refractivity contribution in [3.8, 4) is 0 Å². The molecule has 160 valence electrons. The lowest BCUT2D eigenvalue weighted by molar-refractivity contribution is 0.298. The van der Waals surface area contributed by atoms with E-state index in [0.717, 1.165) is 17.9 Å². The van der Waals surface area contributed by atoms with Crippen LogP contribution in [0.1, 0.15) is 88.3 Å². The van der Waals surface area contributed by atoms with Crippen LogP contribution in [0.3, 0.4) is 0 Å². The van der Waals surface area contributed by atoms with Crippen molar-refractivity contribution in [1.29, 1.82) is 0 Å². The Balaban J connectivity index is 1.65. The number of nitrogens with zero attached hydrogens (tertiary/aromatic N) is 2. The molecule has 0 radical (unpaired) electrons. The van der Waals surface area contributed by atoms with Gasteiger partial charge in [0, 0.05) is 5.92 Å². The quantitative estimate of drug-likeness (QED) is 0.220. The van der Waals surface area contributed by atoms with E-state index in [9.17, 15) is 0 Å². The summed E-state index contributed by atoms with van der Waals surface area (Å²) >= 11 is 0. The van der Waals surface area contributed by atoms with E-state index in [1.54, 1.807) is 0 Å². The van der Waals surface area contributed by atoms with Crippen LogP contribution in [0.15, 0.2) is 64.8 Å². The van der Waals surface area contributed by atoms with Crippen LogP contribution in [-0.4, -0.2) is 11.9 Å². The fourth-order valence-corrected chi connectivity index (χ4v) is 4.57. The molecule has 30 heavy (non-hydrogen) atoms. The summed E-state index contributed by atoms with van der Waals surface area (Å²) < 4.78 is 0. The van der Waals surface area contributed by atoms with Crippen molar-refractivity contribution in [3.05, 3.63) is 71.3 Å². The van der Waals surface area contributed by atoms with Crippen molar-refractivity contribution in [1.82, 2.24) is 0 Å². The van der Waals surface area contributed by atoms with Crippen molar-refractivity contribution in [3.63, 3.8) is 0 Å². The summed E-state index contributed by atoms with van der Waals surface area (Å²) in [5, 5.41) is 9.25. The topological polar surface area (TPSA) is 24.7 Å². The second kappa shape index (κ2) is 12.5. The summed E-state index contributed by atoms with van der Waals surface area (Å²) in [6.07, 6.45) is 15.1. The van der Waals surface area contributed by atoms with Crippen LogP contribution in [0.2, 0.25) is 0 Å². The van der Waals surface area contributed by atoms with E-state index >= 15 is 0 Å². The fourth-order valence-electron chi connectivity index (χ4n) is 4.57. The van der Waals surface area contributed by atoms with Crippen LogP contribution in [0.25, 0.3) is 0 Å². The molecule has 2 heteroatoms. The van der Waals surface area contributed by atoms with E-state index in [4.69, 9.17) is 5.10 Å². The first-order chi connectivity index (χ1) is 14.8. The van der Waals surface area contributed by atoms with E-state index < -0.39 is 0 Å². The van der Waals surface area contributed by atoms with Crippen molar-refractivity contribution in [2.24, 2.45) is 22.0 Å². The molecule has 2 aromatic rings. The van der Waals surface area contributed by atoms with Gasteiger partial charge in [-0.05, 0) is 54.7 Å². The highest BCUT2D eigenvalue weighted by atomic mass is 15.2. The Morgan fingerprint density at radius 3 is 2.27 bits per heavy atom. The Kier molecular flexibility index (Phi) is 9.34. The first-order valence-corrected chi connectivity index (χ1v) is 12.1. The highest BCUT2D eigenvalue weighted by Crippen LogP contribution is 2.34. The Bertz CT molecular complexity index is 781. The van der Waals surface area contributed by atoms with Gasteiger partial charge in [0.2, 0.25) is 0 Å². The predicted molar refractivity (Wildman–Crippen MR) is 131 cm³/mol. The minimum atomic E-state index is 0.527. The summed E-state index contributed by atoms with van der Waals surface area (Å²) in [6.45, 7) is 4.47. The average Bonchev–Trinajstić information content (AvgIpc) is 2.81. The van der Waals surface area contributed by atoms with Gasteiger partial charge in [0.15, 0.2) is 0 Å². The number of hydrogen-bond donors (Lipinski definition) is 0. The summed E-state index contributed by atoms with van der Waals surface area (Å²) in [7, 11) is 0. The minimum absolute atomic E-state index is 0.527. The van der Waals surface area contributed by atoms with Crippen molar-refractivity contribution < 1.29 is 0 Å². The standard InChI is InChI=1S/C28H38N2/c1-3-5-6-8-11-24-18-20-27(21-19-24)28(26-12-9-7-10-13-26)30-29-22-25-16-14-23(4-2)15-17-25/h7,9-10,12-17,22,24,27H,3-6,8,11,18-21H2,1-2H3. The Labute approximate surface area is 183 Å². The Morgan fingerprint density at radius 2 is 1.60 bits per heavy atom. The Hall–Kier alpha value is -2.22. The maximum atomic E-state index is 4.75. The molecule has 0 heterocycles. The minimum Gasteiger partial charge on any atom is -0.158 e. The van der Waals surface area contributed by atoms with Gasteiger partial charge in [-0.15, -0.1) is 0 Å². The van der Waals surface area contributed by atoms with Crippen LogP contribution in [0.5, 0.6) is 0 Å². The van der Waals surface area contributed by atoms with E-state index in [1.807, 2.05) is 6.21 Å². The van der Waals surface area contributed by atoms with Crippen LogP contribution < -0.4 is 0 Å². The second-order valence-electron chi connectivity index (χ2n) is 8.76. The van der Waals surface area contributed by atoms with Gasteiger partial charge in [0.05, 0.1) is 11.9 Å². The molecular weight excluding hydrogens is 364 g/mol. The molecule has 1 aliphatic rings. The SMILES string of the molecule is CCCCCCC1CCC(C(=NN=Cc2ccc(CC)cc2)c2ccccc2)CC1. The maximum absolute atomic E-state index is 4.75. The third kappa shape index (κ3) is 6.93. The lowest BCUT2D eigenvalue weighted by Gasteiger charge is -2.29. The molecule has 0 spiro atoms. The molecule has 1 aliphatic carbocycles. The van der Waals surface area contributed by atoms with Crippen LogP contribution in [0.4, 0.5) is 0 Å². The number of hydrogen-bond acceptors (Lipinski definition) is 2. The zero-order valence-electron chi connectivity index (χ0n) is 18.9. The maximum Gasteiger partial charge on any atom is 0.0733 e. The fraction of sp³-hybridized carbons (Fsp3) is 0.500. The average molecular weight is 403 g/mol. The summed E-state index contributed by atoms with van der Waals surface area (Å²) in [4.78, 5) is 0. The Morgan fingerprint density at radius 1 is 0.867 bits per heavy atom. The third-order valence-corrected chi connectivity index (χ3v) is 6.53. The zero-order chi connectivity index (χ0) is 21.0. The van der Waals surface area contributed by atoms with Gasteiger partial charge >= 0.3 is 0 Å². The van der Waals surface area contributed by atoms with Gasteiger partial charge in [-0.2, -0.15) is 10.2 Å². The van der Waals surface area contributed by atoms with Crippen LogP contribution >= 0.6 is 0 Å². The van der Waals surface area contributed by atoms with Crippen molar-refractivity contribution in [2.45, 2.75) is 78.1 Å². The molecule has 0 saturated heterocycles. The monoisotopic (exact) mass is 402 g/mol. The van der Waals surface area contributed by atoms with Crippen molar-refractivity contribution >= 4 is 11.9 Å².